The van der Waals surface area contributed by atoms with Gasteiger partial charge < -0.3 is 19.3 Å². The highest BCUT2D eigenvalue weighted by atomic mass is 16.7. The Hall–Kier alpha value is -3.13. The number of ether oxygens (including phenoxy) is 2. The van der Waals surface area contributed by atoms with Crippen molar-refractivity contribution in [3.8, 4) is 0 Å². The first-order valence-electron chi connectivity index (χ1n) is 13.6. The summed E-state index contributed by atoms with van der Waals surface area (Å²) in [6.45, 7) is 7.64. The molecule has 2 amide bonds. The summed E-state index contributed by atoms with van der Waals surface area (Å²) in [5.74, 6) is 1.41. The van der Waals surface area contributed by atoms with Gasteiger partial charge in [-0.25, -0.2) is 0 Å². The Morgan fingerprint density at radius 1 is 1.30 bits per heavy atom. The standard InChI is InChI=1S/C29H40N4O4/c1-3-4-15-33(27-7-5-13-30-19-27)29(35)21-32-20-25(24-10-9-23(2)37-22-36-17-12-24)18-26(32)11-16-31-14-6-8-28(31)34/h5,7,9-10,12-13,17,19,25-26H,3-4,6,8,11,14-16,18,20-22H2,1-2H3/b17-12+,23-9+,24-10+/t25?,26-/m0/s1. The molecule has 1 aromatic rings. The third kappa shape index (κ3) is 7.44. The molecular weight excluding hydrogens is 468 g/mol. The van der Waals surface area contributed by atoms with E-state index in [2.05, 4.69) is 22.9 Å². The van der Waals surface area contributed by atoms with E-state index in [1.807, 2.05) is 41.0 Å². The van der Waals surface area contributed by atoms with E-state index in [0.717, 1.165) is 68.8 Å². The van der Waals surface area contributed by atoms with Crippen LogP contribution in [0.5, 0.6) is 0 Å². The molecule has 3 aliphatic heterocycles. The Bertz CT molecular complexity index is 1010. The smallest absolute Gasteiger partial charge is 0.241 e. The number of nitrogens with zero attached hydrogens (tertiary/aromatic N) is 4. The molecule has 2 saturated heterocycles. The molecule has 1 aromatic heterocycles. The fourth-order valence-electron chi connectivity index (χ4n) is 5.33. The quantitative estimate of drug-likeness (QED) is 0.470. The average molecular weight is 509 g/mol. The molecule has 200 valence electrons. The zero-order chi connectivity index (χ0) is 26.0. The number of amides is 2. The molecule has 2 atom stereocenters. The van der Waals surface area contributed by atoms with Gasteiger partial charge in [-0.2, -0.15) is 0 Å². The summed E-state index contributed by atoms with van der Waals surface area (Å²) in [5, 5.41) is 0. The van der Waals surface area contributed by atoms with Gasteiger partial charge in [-0.05, 0) is 68.4 Å². The first kappa shape index (κ1) is 26.9. The molecule has 8 nitrogen and oxygen atoms in total. The highest BCUT2D eigenvalue weighted by Gasteiger charge is 2.36. The molecule has 8 heteroatoms. The molecule has 37 heavy (non-hydrogen) atoms. The zero-order valence-electron chi connectivity index (χ0n) is 22.2. The number of hydrogen-bond acceptors (Lipinski definition) is 6. The van der Waals surface area contributed by atoms with Gasteiger partial charge in [0.25, 0.3) is 0 Å². The van der Waals surface area contributed by atoms with Crippen LogP contribution in [0.15, 0.2) is 60.3 Å². The SMILES string of the molecule is CCCCN(C(=O)CN1CC(C2=C/C=C(\C)OCO\C=C\2)C[C@@H]1CCN1CCCC1=O)c1cccnc1. The number of carbonyl (C=O) groups is 2. The molecule has 4 heterocycles. The largest absolute Gasteiger partial charge is 0.465 e. The molecule has 1 unspecified atom stereocenters. The number of unbranched alkanes of at least 4 members (excludes halogenated alkanes) is 1. The maximum absolute atomic E-state index is 13.7. The molecule has 0 bridgehead atoms. The zero-order valence-corrected chi connectivity index (χ0v) is 22.2. The molecule has 0 aromatic carbocycles. The molecule has 0 radical (unpaired) electrons. The summed E-state index contributed by atoms with van der Waals surface area (Å²) in [6.07, 6.45) is 16.6. The Balaban J connectivity index is 1.51. The number of rotatable bonds is 10. The number of aromatic nitrogens is 1. The van der Waals surface area contributed by atoms with Gasteiger partial charge in [0.2, 0.25) is 18.6 Å². The van der Waals surface area contributed by atoms with Gasteiger partial charge in [-0.3, -0.25) is 19.5 Å². The van der Waals surface area contributed by atoms with E-state index < -0.39 is 0 Å². The van der Waals surface area contributed by atoms with Gasteiger partial charge in [-0.1, -0.05) is 19.4 Å². The van der Waals surface area contributed by atoms with Gasteiger partial charge in [0, 0.05) is 44.8 Å². The number of pyridine rings is 1. The number of carbonyl (C=O) groups excluding carboxylic acids is 2. The van der Waals surface area contributed by atoms with Crippen molar-refractivity contribution in [2.24, 2.45) is 5.92 Å². The number of anilines is 1. The van der Waals surface area contributed by atoms with Gasteiger partial charge in [-0.15, -0.1) is 0 Å². The van der Waals surface area contributed by atoms with Crippen molar-refractivity contribution in [2.45, 2.75) is 58.4 Å². The fourth-order valence-corrected chi connectivity index (χ4v) is 5.33. The minimum atomic E-state index is 0.0933. The highest BCUT2D eigenvalue weighted by Crippen LogP contribution is 2.32. The Morgan fingerprint density at radius 3 is 2.95 bits per heavy atom. The topological polar surface area (TPSA) is 75.2 Å². The van der Waals surface area contributed by atoms with E-state index in [9.17, 15) is 9.59 Å². The van der Waals surface area contributed by atoms with E-state index >= 15 is 0 Å². The van der Waals surface area contributed by atoms with Crippen molar-refractivity contribution in [1.29, 1.82) is 0 Å². The van der Waals surface area contributed by atoms with Crippen LogP contribution in [0.25, 0.3) is 0 Å². The van der Waals surface area contributed by atoms with Crippen LogP contribution < -0.4 is 4.90 Å². The normalized spacial score (nSPS) is 26.1. The number of hydrogen-bond donors (Lipinski definition) is 0. The monoisotopic (exact) mass is 508 g/mol. The predicted octanol–water partition coefficient (Wildman–Crippen LogP) is 4.27. The van der Waals surface area contributed by atoms with Gasteiger partial charge in [0.05, 0.1) is 30.5 Å². The van der Waals surface area contributed by atoms with Crippen LogP contribution in [-0.4, -0.2) is 72.2 Å². The van der Waals surface area contributed by atoms with Crippen LogP contribution in [0.3, 0.4) is 0 Å². The average Bonchev–Trinajstić information content (AvgIpc) is 3.52. The Labute approximate surface area is 220 Å². The Kier molecular flexibility index (Phi) is 9.77. The first-order chi connectivity index (χ1) is 18.0. The first-order valence-corrected chi connectivity index (χ1v) is 13.6. The van der Waals surface area contributed by atoms with E-state index in [-0.39, 0.29) is 30.6 Å². The number of likely N-dealkylation sites (tertiary alicyclic amines) is 2. The highest BCUT2D eigenvalue weighted by molar-refractivity contribution is 5.94. The van der Waals surface area contributed by atoms with Crippen LogP contribution >= 0.6 is 0 Å². The van der Waals surface area contributed by atoms with E-state index in [4.69, 9.17) is 9.47 Å². The summed E-state index contributed by atoms with van der Waals surface area (Å²) < 4.78 is 11.0. The second-order valence-corrected chi connectivity index (χ2v) is 10.1. The van der Waals surface area contributed by atoms with Gasteiger partial charge >= 0.3 is 0 Å². The van der Waals surface area contributed by atoms with E-state index in [0.29, 0.717) is 19.5 Å². The van der Waals surface area contributed by atoms with Crippen molar-refractivity contribution in [2.75, 3.05) is 44.4 Å². The lowest BCUT2D eigenvalue weighted by Crippen LogP contribution is -2.44. The third-order valence-electron chi connectivity index (χ3n) is 7.46. The minimum Gasteiger partial charge on any atom is -0.465 e. The molecule has 2 fully saturated rings. The maximum atomic E-state index is 13.7. The lowest BCUT2D eigenvalue weighted by atomic mass is 9.94. The summed E-state index contributed by atoms with van der Waals surface area (Å²) >= 11 is 0. The summed E-state index contributed by atoms with van der Waals surface area (Å²) in [4.78, 5) is 36.3. The summed E-state index contributed by atoms with van der Waals surface area (Å²) in [7, 11) is 0. The minimum absolute atomic E-state index is 0.0933. The second kappa shape index (κ2) is 13.4. The maximum Gasteiger partial charge on any atom is 0.241 e. The fraction of sp³-hybridized carbons (Fsp3) is 0.552. The van der Waals surface area contributed by atoms with Crippen molar-refractivity contribution in [3.63, 3.8) is 0 Å². The van der Waals surface area contributed by atoms with Crippen LogP contribution in [0, 0.1) is 5.92 Å². The van der Waals surface area contributed by atoms with Gasteiger partial charge in [0.1, 0.15) is 0 Å². The van der Waals surface area contributed by atoms with Crippen LogP contribution in [0.1, 0.15) is 52.4 Å². The van der Waals surface area contributed by atoms with E-state index in [1.54, 1.807) is 18.7 Å². The molecular formula is C29H40N4O4. The third-order valence-corrected chi connectivity index (χ3v) is 7.46. The van der Waals surface area contributed by atoms with Crippen molar-refractivity contribution in [3.05, 3.63) is 60.3 Å². The number of allylic oxidation sites excluding steroid dienone is 4. The molecule has 0 aliphatic carbocycles. The molecule has 0 N–H and O–H groups in total. The second-order valence-electron chi connectivity index (χ2n) is 10.1. The lowest BCUT2D eigenvalue weighted by molar-refractivity contribution is -0.128. The van der Waals surface area contributed by atoms with Crippen LogP contribution in [0.4, 0.5) is 5.69 Å². The summed E-state index contributed by atoms with van der Waals surface area (Å²) in [5.41, 5.74) is 2.01. The molecule has 0 saturated carbocycles. The van der Waals surface area contributed by atoms with Crippen LogP contribution in [0.2, 0.25) is 0 Å². The predicted molar refractivity (Wildman–Crippen MR) is 143 cm³/mol. The van der Waals surface area contributed by atoms with Crippen molar-refractivity contribution < 1.29 is 19.1 Å². The molecule has 3 aliphatic rings. The van der Waals surface area contributed by atoms with Crippen LogP contribution in [-0.2, 0) is 19.1 Å². The van der Waals surface area contributed by atoms with Gasteiger partial charge in [0.15, 0.2) is 0 Å². The van der Waals surface area contributed by atoms with Crippen molar-refractivity contribution >= 4 is 17.5 Å². The molecule has 0 spiro atoms. The Morgan fingerprint density at radius 2 is 2.19 bits per heavy atom. The molecule has 4 rings (SSSR count). The summed E-state index contributed by atoms with van der Waals surface area (Å²) in [6, 6.07) is 4.04. The van der Waals surface area contributed by atoms with E-state index in [1.165, 1.54) is 0 Å². The van der Waals surface area contributed by atoms with Crippen molar-refractivity contribution in [1.82, 2.24) is 14.8 Å². The lowest BCUT2D eigenvalue weighted by Gasteiger charge is -2.29.